The Morgan fingerprint density at radius 2 is 2.08 bits per heavy atom. The Bertz CT molecular complexity index is 583. The maximum atomic E-state index is 12.5. The quantitative estimate of drug-likeness (QED) is 0.717. The molecular formula is C18H26N2O4. The lowest BCUT2D eigenvalue weighted by molar-refractivity contribution is -0.134. The number of hydrogen-bond acceptors (Lipinski definition) is 5. The Balaban J connectivity index is 2.04. The molecule has 0 spiro atoms. The average Bonchev–Trinajstić information content (AvgIpc) is 2.54. The van der Waals surface area contributed by atoms with E-state index in [9.17, 15) is 14.7 Å². The fourth-order valence-electron chi connectivity index (χ4n) is 2.98. The van der Waals surface area contributed by atoms with Crippen LogP contribution in [-0.2, 0) is 16.0 Å². The average molecular weight is 334 g/mol. The number of aliphatic hydroxyl groups is 1. The molecule has 0 aromatic heterocycles. The summed E-state index contributed by atoms with van der Waals surface area (Å²) < 4.78 is 5.12. The number of carbonyl (C=O) groups excluding carboxylic acids is 2. The normalized spacial score (nSPS) is 24.9. The van der Waals surface area contributed by atoms with Crippen LogP contribution in [0, 0.1) is 0 Å². The number of carbonyl (C=O) groups is 2. The predicted molar refractivity (Wildman–Crippen MR) is 91.0 cm³/mol. The van der Waals surface area contributed by atoms with Gasteiger partial charge in [0.05, 0.1) is 18.8 Å². The summed E-state index contributed by atoms with van der Waals surface area (Å²) in [6.45, 7) is 3.79. The monoisotopic (exact) mass is 334 g/mol. The van der Waals surface area contributed by atoms with Crippen molar-refractivity contribution in [3.8, 4) is 5.75 Å². The first-order chi connectivity index (χ1) is 11.3. The molecule has 1 heterocycles. The minimum Gasteiger partial charge on any atom is -0.497 e. The van der Waals surface area contributed by atoms with Crippen molar-refractivity contribution in [3.05, 3.63) is 29.8 Å². The molecule has 1 aliphatic heterocycles. The molecule has 6 heteroatoms. The van der Waals surface area contributed by atoms with Crippen LogP contribution in [0.5, 0.6) is 5.75 Å². The van der Waals surface area contributed by atoms with Crippen molar-refractivity contribution in [3.63, 3.8) is 0 Å². The first-order valence-electron chi connectivity index (χ1n) is 8.23. The van der Waals surface area contributed by atoms with Gasteiger partial charge in [-0.2, -0.15) is 0 Å². The Kier molecular flexibility index (Phi) is 5.96. The number of methoxy groups -OCH3 is 1. The van der Waals surface area contributed by atoms with E-state index in [4.69, 9.17) is 4.74 Å². The van der Waals surface area contributed by atoms with Gasteiger partial charge in [0.15, 0.2) is 5.78 Å². The van der Waals surface area contributed by atoms with Crippen molar-refractivity contribution < 1.29 is 19.4 Å². The van der Waals surface area contributed by atoms with Crippen LogP contribution < -0.4 is 15.4 Å². The van der Waals surface area contributed by atoms with Crippen LogP contribution in [0.4, 0.5) is 0 Å². The topological polar surface area (TPSA) is 87.7 Å². The SMILES string of the molecule is COc1ccc(CC(NC(=O)C2NCCCC2(C)O)C(C)=O)cc1. The van der Waals surface area contributed by atoms with Crippen molar-refractivity contribution >= 4 is 11.7 Å². The zero-order valence-corrected chi connectivity index (χ0v) is 14.5. The number of rotatable bonds is 6. The van der Waals surface area contributed by atoms with Crippen LogP contribution >= 0.6 is 0 Å². The Labute approximate surface area is 142 Å². The lowest BCUT2D eigenvalue weighted by Gasteiger charge is -2.37. The van der Waals surface area contributed by atoms with Gasteiger partial charge in [-0.05, 0) is 57.4 Å². The third-order valence-corrected chi connectivity index (χ3v) is 4.50. The van der Waals surface area contributed by atoms with Gasteiger partial charge in [-0.1, -0.05) is 12.1 Å². The smallest absolute Gasteiger partial charge is 0.240 e. The van der Waals surface area contributed by atoms with Gasteiger partial charge in [0.2, 0.25) is 5.91 Å². The molecule has 0 bridgehead atoms. The Morgan fingerprint density at radius 3 is 2.62 bits per heavy atom. The second-order valence-corrected chi connectivity index (χ2v) is 6.57. The van der Waals surface area contributed by atoms with E-state index in [-0.39, 0.29) is 11.7 Å². The molecule has 6 nitrogen and oxygen atoms in total. The number of piperidine rings is 1. The molecule has 3 atom stereocenters. The largest absolute Gasteiger partial charge is 0.497 e. The van der Waals surface area contributed by atoms with Crippen LogP contribution in [-0.4, -0.2) is 48.1 Å². The number of benzene rings is 1. The van der Waals surface area contributed by atoms with Gasteiger partial charge in [0, 0.05) is 0 Å². The van der Waals surface area contributed by atoms with Gasteiger partial charge >= 0.3 is 0 Å². The molecule has 1 saturated heterocycles. The first kappa shape index (κ1) is 18.4. The molecule has 2 rings (SSSR count). The molecule has 1 amide bonds. The summed E-state index contributed by atoms with van der Waals surface area (Å²) in [6.07, 6.45) is 1.78. The van der Waals surface area contributed by atoms with Crippen LogP contribution in [0.3, 0.4) is 0 Å². The maximum absolute atomic E-state index is 12.5. The molecule has 132 valence electrons. The minimum absolute atomic E-state index is 0.116. The summed E-state index contributed by atoms with van der Waals surface area (Å²) in [5.41, 5.74) is -0.177. The van der Waals surface area contributed by atoms with Crippen LogP contribution in [0.25, 0.3) is 0 Å². The van der Waals surface area contributed by atoms with Crippen LogP contribution in [0.1, 0.15) is 32.3 Å². The number of ether oxygens (including phenoxy) is 1. The summed E-state index contributed by atoms with van der Waals surface area (Å²) in [5.74, 6) is 0.285. The van der Waals surface area contributed by atoms with E-state index in [0.717, 1.165) is 17.7 Å². The molecule has 24 heavy (non-hydrogen) atoms. The predicted octanol–water partition coefficient (Wildman–Crippen LogP) is 0.814. The summed E-state index contributed by atoms with van der Waals surface area (Å²) in [7, 11) is 1.59. The second-order valence-electron chi connectivity index (χ2n) is 6.57. The standard InChI is InChI=1S/C18H26N2O4/c1-12(21)15(11-13-5-7-14(24-3)8-6-13)20-17(22)16-18(2,23)9-4-10-19-16/h5-8,15-16,19,23H,4,9-11H2,1-3H3,(H,20,22). The van der Waals surface area contributed by atoms with Crippen molar-refractivity contribution in [1.82, 2.24) is 10.6 Å². The minimum atomic E-state index is -1.11. The van der Waals surface area contributed by atoms with Gasteiger partial charge < -0.3 is 20.5 Å². The van der Waals surface area contributed by atoms with Crippen molar-refractivity contribution in [1.29, 1.82) is 0 Å². The number of nitrogens with one attached hydrogen (secondary N) is 2. The van der Waals surface area contributed by atoms with E-state index < -0.39 is 17.7 Å². The van der Waals surface area contributed by atoms with Gasteiger partial charge in [-0.25, -0.2) is 0 Å². The number of Topliss-reactive ketones (excluding diaryl/α,β-unsaturated/α-hetero) is 1. The van der Waals surface area contributed by atoms with Gasteiger partial charge in [0.25, 0.3) is 0 Å². The zero-order chi connectivity index (χ0) is 17.7. The van der Waals surface area contributed by atoms with Gasteiger partial charge in [-0.15, -0.1) is 0 Å². The highest BCUT2D eigenvalue weighted by Crippen LogP contribution is 2.21. The summed E-state index contributed by atoms with van der Waals surface area (Å²) in [4.78, 5) is 24.4. The Hall–Kier alpha value is -1.92. The molecular weight excluding hydrogens is 308 g/mol. The number of ketones is 1. The van der Waals surface area contributed by atoms with E-state index in [2.05, 4.69) is 10.6 Å². The first-order valence-corrected chi connectivity index (χ1v) is 8.23. The van der Waals surface area contributed by atoms with E-state index in [1.807, 2.05) is 24.3 Å². The molecule has 1 fully saturated rings. The molecule has 3 N–H and O–H groups in total. The van der Waals surface area contributed by atoms with E-state index in [1.165, 1.54) is 6.92 Å². The molecule has 1 aliphatic rings. The highest BCUT2D eigenvalue weighted by Gasteiger charge is 2.40. The highest BCUT2D eigenvalue weighted by atomic mass is 16.5. The lowest BCUT2D eigenvalue weighted by atomic mass is 9.87. The lowest BCUT2D eigenvalue weighted by Crippen LogP contribution is -2.62. The third kappa shape index (κ3) is 4.55. The fourth-order valence-corrected chi connectivity index (χ4v) is 2.98. The van der Waals surface area contributed by atoms with Crippen molar-refractivity contribution in [2.75, 3.05) is 13.7 Å². The molecule has 3 unspecified atom stereocenters. The number of hydrogen-bond donors (Lipinski definition) is 3. The summed E-state index contributed by atoms with van der Waals surface area (Å²) >= 11 is 0. The maximum Gasteiger partial charge on any atom is 0.240 e. The van der Waals surface area contributed by atoms with Crippen LogP contribution in [0.2, 0.25) is 0 Å². The summed E-state index contributed by atoms with van der Waals surface area (Å²) in [5, 5.41) is 16.2. The molecule has 0 radical (unpaired) electrons. The van der Waals surface area contributed by atoms with Crippen molar-refractivity contribution in [2.45, 2.75) is 50.8 Å². The van der Waals surface area contributed by atoms with E-state index in [0.29, 0.717) is 19.4 Å². The zero-order valence-electron chi connectivity index (χ0n) is 14.5. The molecule has 0 aliphatic carbocycles. The van der Waals surface area contributed by atoms with Crippen LogP contribution in [0.15, 0.2) is 24.3 Å². The number of amides is 1. The third-order valence-electron chi connectivity index (χ3n) is 4.50. The van der Waals surface area contributed by atoms with E-state index >= 15 is 0 Å². The molecule has 0 saturated carbocycles. The van der Waals surface area contributed by atoms with Crippen molar-refractivity contribution in [2.24, 2.45) is 0 Å². The fraction of sp³-hybridized carbons (Fsp3) is 0.556. The summed E-state index contributed by atoms with van der Waals surface area (Å²) in [6, 6.07) is 6.06. The van der Waals surface area contributed by atoms with E-state index in [1.54, 1.807) is 14.0 Å². The highest BCUT2D eigenvalue weighted by molar-refractivity contribution is 5.90. The molecule has 1 aromatic carbocycles. The van der Waals surface area contributed by atoms with Gasteiger partial charge in [0.1, 0.15) is 11.8 Å². The van der Waals surface area contributed by atoms with Gasteiger partial charge in [-0.3, -0.25) is 9.59 Å². The molecule has 1 aromatic rings. The Morgan fingerprint density at radius 1 is 1.42 bits per heavy atom. The second kappa shape index (κ2) is 7.77.